The van der Waals surface area contributed by atoms with Crippen LogP contribution in [-0.2, 0) is 0 Å². The van der Waals surface area contributed by atoms with Gasteiger partial charge in [0.2, 0.25) is 0 Å². The number of nitrogens with zero attached hydrogens (tertiary/aromatic N) is 3. The molecule has 2 aromatic heterocycles. The fourth-order valence-electron chi connectivity index (χ4n) is 3.12. The Labute approximate surface area is 129 Å². The minimum absolute atomic E-state index is 0.882. The Balaban J connectivity index is 2.07. The number of aromatic nitrogens is 2. The molecule has 0 fully saturated rings. The first kappa shape index (κ1) is 12.9. The molecule has 0 aliphatic carbocycles. The Kier molecular flexibility index (Phi) is 3.04. The lowest BCUT2D eigenvalue weighted by Gasteiger charge is -2.26. The van der Waals surface area contributed by atoms with E-state index in [1.54, 1.807) is 0 Å². The number of pyridine rings is 1. The van der Waals surface area contributed by atoms with Gasteiger partial charge in [-0.05, 0) is 31.2 Å². The molecule has 3 heteroatoms. The van der Waals surface area contributed by atoms with E-state index in [4.69, 9.17) is 0 Å². The minimum atomic E-state index is 0.882. The molecule has 0 N–H and O–H groups in total. The summed E-state index contributed by atoms with van der Waals surface area (Å²) in [4.78, 5) is 4.13. The Morgan fingerprint density at radius 1 is 0.818 bits per heavy atom. The maximum Gasteiger partial charge on any atom is 0.0712 e. The zero-order chi connectivity index (χ0) is 14.9. The van der Waals surface area contributed by atoms with Gasteiger partial charge < -0.3 is 0 Å². The Bertz CT molecular complexity index is 872. The average molecular weight is 287 g/mol. The second-order valence-corrected chi connectivity index (χ2v) is 5.27. The molecule has 0 atom stereocenters. The molecule has 22 heavy (non-hydrogen) atoms. The van der Waals surface area contributed by atoms with E-state index < -0.39 is 0 Å². The summed E-state index contributed by atoms with van der Waals surface area (Å²) >= 11 is 0. The average Bonchev–Trinajstić information content (AvgIpc) is 2.92. The Morgan fingerprint density at radius 3 is 1.91 bits per heavy atom. The lowest BCUT2D eigenvalue weighted by Crippen LogP contribution is -2.28. The van der Waals surface area contributed by atoms with Gasteiger partial charge in [0.1, 0.15) is 0 Å². The van der Waals surface area contributed by atoms with Gasteiger partial charge in [-0.3, -0.25) is 14.7 Å². The van der Waals surface area contributed by atoms with E-state index in [1.165, 1.54) is 21.8 Å². The first-order valence-electron chi connectivity index (χ1n) is 7.56. The van der Waals surface area contributed by atoms with E-state index >= 15 is 0 Å². The van der Waals surface area contributed by atoms with Gasteiger partial charge in [0.25, 0.3) is 0 Å². The summed E-state index contributed by atoms with van der Waals surface area (Å²) in [5.74, 6) is 0. The molecule has 0 saturated heterocycles. The highest BCUT2D eigenvalue weighted by atomic mass is 15.5. The van der Waals surface area contributed by atoms with E-state index in [1.807, 2.05) is 24.5 Å². The highest BCUT2D eigenvalue weighted by Gasteiger charge is 2.15. The van der Waals surface area contributed by atoms with Crippen LogP contribution in [0.15, 0.2) is 73.1 Å². The third kappa shape index (κ3) is 1.86. The zero-order valence-corrected chi connectivity index (χ0v) is 12.5. The van der Waals surface area contributed by atoms with Crippen LogP contribution in [0.25, 0.3) is 21.8 Å². The predicted molar refractivity (Wildman–Crippen MR) is 92.1 cm³/mol. The van der Waals surface area contributed by atoms with Crippen molar-refractivity contribution in [2.75, 3.05) is 11.6 Å². The molecule has 0 bridgehead atoms. The van der Waals surface area contributed by atoms with Crippen LogP contribution < -0.4 is 5.01 Å². The summed E-state index contributed by atoms with van der Waals surface area (Å²) in [6.45, 7) is 3.05. The van der Waals surface area contributed by atoms with Crippen molar-refractivity contribution < 1.29 is 0 Å². The predicted octanol–water partition coefficient (Wildman–Crippen LogP) is 4.48. The number of rotatable bonds is 3. The molecule has 0 spiro atoms. The summed E-state index contributed by atoms with van der Waals surface area (Å²) in [5.41, 5.74) is 3.59. The second kappa shape index (κ2) is 5.19. The molecule has 4 rings (SSSR count). The van der Waals surface area contributed by atoms with Crippen LogP contribution >= 0.6 is 0 Å². The van der Waals surface area contributed by atoms with E-state index in [0.29, 0.717) is 0 Å². The summed E-state index contributed by atoms with van der Waals surface area (Å²) < 4.78 is 2.31. The SMILES string of the molecule is CCN(c1ccncc1)n1c2ccccc2c2ccccc21. The van der Waals surface area contributed by atoms with Crippen LogP contribution in [0.4, 0.5) is 5.69 Å². The third-order valence-corrected chi connectivity index (χ3v) is 4.06. The molecule has 2 aromatic carbocycles. The quantitative estimate of drug-likeness (QED) is 0.554. The number of para-hydroxylation sites is 2. The van der Waals surface area contributed by atoms with Crippen LogP contribution in [0.3, 0.4) is 0 Å². The van der Waals surface area contributed by atoms with E-state index in [0.717, 1.165) is 12.2 Å². The molecule has 0 aliphatic heterocycles. The van der Waals surface area contributed by atoms with Gasteiger partial charge in [-0.15, -0.1) is 0 Å². The van der Waals surface area contributed by atoms with E-state index in [9.17, 15) is 0 Å². The Morgan fingerprint density at radius 2 is 1.36 bits per heavy atom. The number of fused-ring (bicyclic) bond motifs is 3. The molecule has 4 aromatic rings. The largest absolute Gasteiger partial charge is 0.281 e. The molecular formula is C19H17N3. The van der Waals surface area contributed by atoms with Gasteiger partial charge in [0, 0.05) is 29.7 Å². The van der Waals surface area contributed by atoms with Gasteiger partial charge in [-0.1, -0.05) is 36.4 Å². The number of hydrogen-bond acceptors (Lipinski definition) is 2. The summed E-state index contributed by atoms with van der Waals surface area (Å²) in [5, 5.41) is 4.85. The molecule has 0 amide bonds. The van der Waals surface area contributed by atoms with Crippen LogP contribution in [0.5, 0.6) is 0 Å². The van der Waals surface area contributed by atoms with Crippen molar-refractivity contribution in [2.45, 2.75) is 6.92 Å². The minimum Gasteiger partial charge on any atom is -0.281 e. The fourth-order valence-corrected chi connectivity index (χ4v) is 3.12. The van der Waals surface area contributed by atoms with E-state index in [-0.39, 0.29) is 0 Å². The zero-order valence-electron chi connectivity index (χ0n) is 12.5. The van der Waals surface area contributed by atoms with Gasteiger partial charge >= 0.3 is 0 Å². The van der Waals surface area contributed by atoms with Crippen LogP contribution in [0, 0.1) is 0 Å². The van der Waals surface area contributed by atoms with Crippen molar-refractivity contribution in [1.29, 1.82) is 0 Å². The summed E-state index contributed by atoms with van der Waals surface area (Å²) in [7, 11) is 0. The lowest BCUT2D eigenvalue weighted by molar-refractivity contribution is 0.761. The van der Waals surface area contributed by atoms with Crippen LogP contribution in [-0.4, -0.2) is 16.2 Å². The highest BCUT2D eigenvalue weighted by molar-refractivity contribution is 6.08. The molecule has 2 heterocycles. The maximum absolute atomic E-state index is 4.13. The first-order valence-corrected chi connectivity index (χ1v) is 7.56. The van der Waals surface area contributed by atoms with Gasteiger partial charge in [-0.25, -0.2) is 0 Å². The van der Waals surface area contributed by atoms with Gasteiger partial charge in [0.05, 0.1) is 16.7 Å². The molecule has 0 aliphatic rings. The molecule has 0 saturated carbocycles. The summed E-state index contributed by atoms with van der Waals surface area (Å²) in [6, 6.07) is 21.2. The normalized spacial score (nSPS) is 11.1. The standard InChI is InChI=1S/C19H17N3/c1-2-21(15-11-13-20-14-12-15)22-18-9-5-3-7-16(18)17-8-4-6-10-19(17)22/h3-14H,2H2,1H3. The van der Waals surface area contributed by atoms with Crippen molar-refractivity contribution >= 4 is 27.5 Å². The van der Waals surface area contributed by atoms with Gasteiger partial charge in [0.15, 0.2) is 0 Å². The molecular weight excluding hydrogens is 270 g/mol. The van der Waals surface area contributed by atoms with E-state index in [2.05, 4.69) is 70.1 Å². The van der Waals surface area contributed by atoms with Crippen molar-refractivity contribution in [1.82, 2.24) is 9.66 Å². The lowest BCUT2D eigenvalue weighted by atomic mass is 10.2. The third-order valence-electron chi connectivity index (χ3n) is 4.06. The summed E-state index contributed by atoms with van der Waals surface area (Å²) in [6.07, 6.45) is 3.68. The number of anilines is 1. The molecule has 3 nitrogen and oxygen atoms in total. The highest BCUT2D eigenvalue weighted by Crippen LogP contribution is 2.30. The van der Waals surface area contributed by atoms with Crippen LogP contribution in [0.1, 0.15) is 6.92 Å². The van der Waals surface area contributed by atoms with Gasteiger partial charge in [-0.2, -0.15) is 0 Å². The maximum atomic E-state index is 4.13. The second-order valence-electron chi connectivity index (χ2n) is 5.27. The number of benzene rings is 2. The monoisotopic (exact) mass is 287 g/mol. The number of hydrogen-bond donors (Lipinski definition) is 0. The topological polar surface area (TPSA) is 21.1 Å². The molecule has 108 valence electrons. The van der Waals surface area contributed by atoms with Crippen molar-refractivity contribution in [3.8, 4) is 0 Å². The van der Waals surface area contributed by atoms with Crippen molar-refractivity contribution in [3.63, 3.8) is 0 Å². The first-order chi connectivity index (χ1) is 10.9. The molecule has 0 unspecified atom stereocenters. The smallest absolute Gasteiger partial charge is 0.0712 e. The molecule has 0 radical (unpaired) electrons. The Hall–Kier alpha value is -2.81. The van der Waals surface area contributed by atoms with Crippen LogP contribution in [0.2, 0.25) is 0 Å². The fraction of sp³-hybridized carbons (Fsp3) is 0.105. The van der Waals surface area contributed by atoms with Crippen molar-refractivity contribution in [3.05, 3.63) is 73.1 Å². The van der Waals surface area contributed by atoms with Crippen molar-refractivity contribution in [2.24, 2.45) is 0 Å².